The molecular weight excluding hydrogens is 370 g/mol. The Morgan fingerprint density at radius 1 is 1.28 bits per heavy atom. The summed E-state index contributed by atoms with van der Waals surface area (Å²) < 4.78 is 2.10. The van der Waals surface area contributed by atoms with Gasteiger partial charge in [0, 0.05) is 51.6 Å². The minimum Gasteiger partial charge on any atom is -0.372 e. The fourth-order valence-corrected chi connectivity index (χ4v) is 3.85. The Kier molecular flexibility index (Phi) is 6.17. The summed E-state index contributed by atoms with van der Waals surface area (Å²) in [6.07, 6.45) is 6.61. The molecule has 1 aromatic carbocycles. The summed E-state index contributed by atoms with van der Waals surface area (Å²) >= 11 is 0. The zero-order valence-corrected chi connectivity index (χ0v) is 16.7. The third-order valence-corrected chi connectivity index (χ3v) is 5.56. The molecule has 1 aliphatic rings. The molecule has 0 bridgehead atoms. The second-order valence-electron chi connectivity index (χ2n) is 7.46. The predicted molar refractivity (Wildman–Crippen MR) is 110 cm³/mol. The summed E-state index contributed by atoms with van der Waals surface area (Å²) in [4.78, 5) is 26.8. The Morgan fingerprint density at radius 3 is 2.66 bits per heavy atom. The molecule has 1 amide bonds. The highest BCUT2D eigenvalue weighted by atomic mass is 16.6. The van der Waals surface area contributed by atoms with Crippen LogP contribution in [0, 0.1) is 21.4 Å². The molecule has 29 heavy (non-hydrogen) atoms. The standard InChI is InChI=1S/C21H25N5O3/c1-23(19-10-9-18(26(28)29)14-16(19)15-22)12-13-24(2)21(27)20-8-5-11-25(20)17-6-3-4-7-17/h5,8-11,14,17H,3-4,6-7,12-13H2,1-2H3. The van der Waals surface area contributed by atoms with Crippen LogP contribution in [0.1, 0.15) is 47.8 Å². The lowest BCUT2D eigenvalue weighted by Crippen LogP contribution is -2.36. The first-order valence-corrected chi connectivity index (χ1v) is 9.74. The van der Waals surface area contributed by atoms with E-state index in [4.69, 9.17) is 0 Å². The van der Waals surface area contributed by atoms with Gasteiger partial charge in [0.25, 0.3) is 11.6 Å². The van der Waals surface area contributed by atoms with E-state index in [9.17, 15) is 20.2 Å². The third-order valence-electron chi connectivity index (χ3n) is 5.56. The van der Waals surface area contributed by atoms with Gasteiger partial charge in [0.2, 0.25) is 0 Å². The average Bonchev–Trinajstić information content (AvgIpc) is 3.41. The van der Waals surface area contributed by atoms with E-state index in [0.29, 0.717) is 30.5 Å². The van der Waals surface area contributed by atoms with E-state index >= 15 is 0 Å². The molecule has 152 valence electrons. The van der Waals surface area contributed by atoms with Crippen molar-refractivity contribution >= 4 is 17.3 Å². The van der Waals surface area contributed by atoms with Crippen molar-refractivity contribution in [2.24, 2.45) is 0 Å². The number of non-ortho nitro benzene ring substituents is 1. The molecule has 8 heteroatoms. The minimum absolute atomic E-state index is 0.0282. The van der Waals surface area contributed by atoms with Crippen LogP contribution in [0.25, 0.3) is 0 Å². The topological polar surface area (TPSA) is 95.4 Å². The van der Waals surface area contributed by atoms with E-state index in [1.807, 2.05) is 36.3 Å². The maximum atomic E-state index is 12.9. The van der Waals surface area contributed by atoms with Crippen LogP contribution in [-0.2, 0) is 0 Å². The molecule has 0 unspecified atom stereocenters. The van der Waals surface area contributed by atoms with Crippen molar-refractivity contribution < 1.29 is 9.72 Å². The van der Waals surface area contributed by atoms with E-state index in [2.05, 4.69) is 4.57 Å². The number of nitriles is 1. The maximum absolute atomic E-state index is 12.9. The summed E-state index contributed by atoms with van der Waals surface area (Å²) in [6, 6.07) is 10.4. The van der Waals surface area contributed by atoms with Crippen LogP contribution < -0.4 is 4.90 Å². The summed E-state index contributed by atoms with van der Waals surface area (Å²) in [5.74, 6) is -0.0282. The van der Waals surface area contributed by atoms with Crippen molar-refractivity contribution in [1.29, 1.82) is 5.26 Å². The van der Waals surface area contributed by atoms with Gasteiger partial charge in [-0.2, -0.15) is 5.26 Å². The number of hydrogen-bond donors (Lipinski definition) is 0. The number of amides is 1. The third kappa shape index (κ3) is 4.40. The van der Waals surface area contributed by atoms with Crippen molar-refractivity contribution in [2.75, 3.05) is 32.1 Å². The van der Waals surface area contributed by atoms with Gasteiger partial charge in [-0.05, 0) is 31.0 Å². The largest absolute Gasteiger partial charge is 0.372 e. The van der Waals surface area contributed by atoms with Gasteiger partial charge < -0.3 is 14.4 Å². The van der Waals surface area contributed by atoms with Gasteiger partial charge in [-0.3, -0.25) is 14.9 Å². The van der Waals surface area contributed by atoms with Gasteiger partial charge in [-0.1, -0.05) is 12.8 Å². The van der Waals surface area contributed by atoms with Gasteiger partial charge in [0.05, 0.1) is 16.2 Å². The van der Waals surface area contributed by atoms with E-state index in [0.717, 1.165) is 12.8 Å². The zero-order chi connectivity index (χ0) is 21.0. The lowest BCUT2D eigenvalue weighted by molar-refractivity contribution is -0.384. The number of carbonyl (C=O) groups is 1. The van der Waals surface area contributed by atoms with Crippen LogP contribution in [0.4, 0.5) is 11.4 Å². The molecule has 0 atom stereocenters. The number of nitrogens with zero attached hydrogens (tertiary/aromatic N) is 5. The summed E-state index contributed by atoms with van der Waals surface area (Å²) in [5.41, 5.74) is 1.44. The highest BCUT2D eigenvalue weighted by Crippen LogP contribution is 2.31. The average molecular weight is 395 g/mol. The predicted octanol–water partition coefficient (Wildman–Crippen LogP) is 3.59. The summed E-state index contributed by atoms with van der Waals surface area (Å²) in [7, 11) is 3.57. The molecule has 1 fully saturated rings. The number of aromatic nitrogens is 1. The van der Waals surface area contributed by atoms with E-state index in [1.54, 1.807) is 18.0 Å². The molecule has 1 saturated carbocycles. The molecule has 0 spiro atoms. The second kappa shape index (κ2) is 8.78. The number of anilines is 1. The number of carbonyl (C=O) groups excluding carboxylic acids is 1. The zero-order valence-electron chi connectivity index (χ0n) is 16.7. The van der Waals surface area contributed by atoms with Gasteiger partial charge >= 0.3 is 0 Å². The Hall–Kier alpha value is -3.34. The Labute approximate surface area is 170 Å². The highest BCUT2D eigenvalue weighted by Gasteiger charge is 2.23. The summed E-state index contributed by atoms with van der Waals surface area (Å²) in [6.45, 7) is 0.964. The molecule has 0 aliphatic heterocycles. The Balaban J connectivity index is 1.66. The molecule has 2 aromatic rings. The van der Waals surface area contributed by atoms with E-state index in [-0.39, 0.29) is 17.2 Å². The number of rotatable bonds is 7. The van der Waals surface area contributed by atoms with E-state index < -0.39 is 4.92 Å². The van der Waals surface area contributed by atoms with Gasteiger partial charge in [0.1, 0.15) is 11.8 Å². The quantitative estimate of drug-likeness (QED) is 0.527. The van der Waals surface area contributed by atoms with Crippen molar-refractivity contribution in [3.63, 3.8) is 0 Å². The van der Waals surface area contributed by atoms with Crippen molar-refractivity contribution in [3.8, 4) is 6.07 Å². The lowest BCUT2D eigenvalue weighted by atomic mass is 10.1. The first kappa shape index (κ1) is 20.4. The van der Waals surface area contributed by atoms with Crippen LogP contribution >= 0.6 is 0 Å². The van der Waals surface area contributed by atoms with Gasteiger partial charge in [-0.25, -0.2) is 0 Å². The number of likely N-dealkylation sites (N-methyl/N-ethyl adjacent to an activating group) is 2. The molecule has 8 nitrogen and oxygen atoms in total. The molecule has 1 heterocycles. The monoisotopic (exact) mass is 395 g/mol. The van der Waals surface area contributed by atoms with Gasteiger partial charge in [0.15, 0.2) is 0 Å². The first-order chi connectivity index (χ1) is 13.9. The fraction of sp³-hybridized carbons (Fsp3) is 0.429. The van der Waals surface area contributed by atoms with Crippen LogP contribution in [0.15, 0.2) is 36.5 Å². The SMILES string of the molecule is CN(CCN(C)c1ccc([N+](=O)[O-])cc1C#N)C(=O)c1cccn1C1CCCC1. The molecular formula is C21H25N5O3. The molecule has 1 aliphatic carbocycles. The minimum atomic E-state index is -0.517. The smallest absolute Gasteiger partial charge is 0.270 e. The number of nitro groups is 1. The molecule has 3 rings (SSSR count). The van der Waals surface area contributed by atoms with Crippen molar-refractivity contribution in [1.82, 2.24) is 9.47 Å². The van der Waals surface area contributed by atoms with Crippen molar-refractivity contribution in [3.05, 3.63) is 57.9 Å². The Morgan fingerprint density at radius 2 is 2.00 bits per heavy atom. The molecule has 1 aromatic heterocycles. The van der Waals surface area contributed by atoms with Crippen molar-refractivity contribution in [2.45, 2.75) is 31.7 Å². The van der Waals surface area contributed by atoms with Crippen LogP contribution in [0.3, 0.4) is 0 Å². The van der Waals surface area contributed by atoms with Gasteiger partial charge in [-0.15, -0.1) is 0 Å². The fourth-order valence-electron chi connectivity index (χ4n) is 3.85. The van der Waals surface area contributed by atoms with Crippen LogP contribution in [0.2, 0.25) is 0 Å². The first-order valence-electron chi connectivity index (χ1n) is 9.74. The van der Waals surface area contributed by atoms with Crippen LogP contribution in [0.5, 0.6) is 0 Å². The highest BCUT2D eigenvalue weighted by molar-refractivity contribution is 5.92. The lowest BCUT2D eigenvalue weighted by Gasteiger charge is -2.25. The number of nitro benzene ring substituents is 1. The summed E-state index contributed by atoms with van der Waals surface area (Å²) in [5, 5.41) is 20.2. The number of hydrogen-bond acceptors (Lipinski definition) is 5. The maximum Gasteiger partial charge on any atom is 0.270 e. The second-order valence-corrected chi connectivity index (χ2v) is 7.46. The molecule has 0 saturated heterocycles. The molecule has 0 N–H and O–H groups in total. The Bertz CT molecular complexity index is 940. The van der Waals surface area contributed by atoms with Crippen LogP contribution in [-0.4, -0.2) is 47.5 Å². The molecule has 0 radical (unpaired) electrons. The van der Waals surface area contributed by atoms with E-state index in [1.165, 1.54) is 25.0 Å². The normalized spacial score (nSPS) is 13.8. The number of benzene rings is 1.